The first-order valence-corrected chi connectivity index (χ1v) is 19.1. The van der Waals surface area contributed by atoms with Gasteiger partial charge in [-0.25, -0.2) is 14.8 Å². The summed E-state index contributed by atoms with van der Waals surface area (Å²) in [5.41, 5.74) is 7.55. The van der Waals surface area contributed by atoms with Crippen LogP contribution in [-0.2, 0) is 11.3 Å². The maximum absolute atomic E-state index is 13.3. The molecule has 0 aliphatic carbocycles. The topological polar surface area (TPSA) is 152 Å². The minimum absolute atomic E-state index is 0.169. The SMILES string of the molecule is Cc1ccc(NC(=O)c2ccc(N3CCC(N4CCN(Cc5ccc(N6CCC(=O)NC6=O)cn5)CC4)CC3)cc2)cc1Nc1nccc(-c2cccnc2)n1. The molecule has 0 saturated carbocycles. The van der Waals surface area contributed by atoms with Crippen molar-refractivity contribution >= 4 is 46.5 Å². The zero-order chi connectivity index (χ0) is 38.4. The van der Waals surface area contributed by atoms with Gasteiger partial charge in [0.25, 0.3) is 5.91 Å². The molecule has 6 heterocycles. The number of urea groups is 1. The van der Waals surface area contributed by atoms with Crippen molar-refractivity contribution in [2.24, 2.45) is 0 Å². The van der Waals surface area contributed by atoms with E-state index < -0.39 is 6.03 Å². The molecule has 3 aliphatic rings. The molecule has 0 radical (unpaired) electrons. The van der Waals surface area contributed by atoms with Gasteiger partial charge in [-0.3, -0.25) is 39.6 Å². The fraction of sp³-hybridized carbons (Fsp3) is 0.310. The number of aromatic nitrogens is 4. The summed E-state index contributed by atoms with van der Waals surface area (Å²) in [6, 6.07) is 23.4. The van der Waals surface area contributed by atoms with E-state index in [4.69, 9.17) is 0 Å². The summed E-state index contributed by atoms with van der Waals surface area (Å²) in [6.07, 6.45) is 9.42. The summed E-state index contributed by atoms with van der Waals surface area (Å²) in [5, 5.41) is 8.71. The Morgan fingerprint density at radius 3 is 2.38 bits per heavy atom. The number of benzene rings is 2. The Kier molecular flexibility index (Phi) is 10.9. The molecule has 0 unspecified atom stereocenters. The number of amides is 4. The molecule has 5 aromatic rings. The highest BCUT2D eigenvalue weighted by Crippen LogP contribution is 2.27. The first kappa shape index (κ1) is 36.7. The predicted molar refractivity (Wildman–Crippen MR) is 216 cm³/mol. The number of piperazine rings is 1. The molecule has 2 aromatic carbocycles. The lowest BCUT2D eigenvalue weighted by atomic mass is 10.0. The van der Waals surface area contributed by atoms with Gasteiger partial charge in [0.15, 0.2) is 0 Å². The van der Waals surface area contributed by atoms with Gasteiger partial charge in [-0.1, -0.05) is 6.07 Å². The van der Waals surface area contributed by atoms with E-state index in [-0.39, 0.29) is 11.8 Å². The summed E-state index contributed by atoms with van der Waals surface area (Å²) >= 11 is 0. The van der Waals surface area contributed by atoms with Crippen molar-refractivity contribution in [3.63, 3.8) is 0 Å². The van der Waals surface area contributed by atoms with E-state index in [0.29, 0.717) is 41.9 Å². The van der Waals surface area contributed by atoms with Crippen LogP contribution >= 0.6 is 0 Å². The number of rotatable bonds is 10. The molecule has 8 rings (SSSR count). The maximum Gasteiger partial charge on any atom is 0.328 e. The fourth-order valence-corrected chi connectivity index (χ4v) is 7.56. The number of piperidine rings is 1. The van der Waals surface area contributed by atoms with Crippen LogP contribution in [0.3, 0.4) is 0 Å². The minimum atomic E-state index is -0.393. The third-order valence-corrected chi connectivity index (χ3v) is 10.8. The number of pyridine rings is 2. The minimum Gasteiger partial charge on any atom is -0.371 e. The van der Waals surface area contributed by atoms with Crippen LogP contribution < -0.4 is 25.8 Å². The Balaban J connectivity index is 0.788. The van der Waals surface area contributed by atoms with E-state index in [1.165, 1.54) is 0 Å². The molecule has 3 aromatic heterocycles. The van der Waals surface area contributed by atoms with Gasteiger partial charge in [0.05, 0.1) is 23.3 Å². The van der Waals surface area contributed by atoms with Crippen molar-refractivity contribution in [2.75, 3.05) is 66.2 Å². The average molecular weight is 752 g/mol. The highest BCUT2D eigenvalue weighted by atomic mass is 16.2. The third kappa shape index (κ3) is 8.66. The van der Waals surface area contributed by atoms with Gasteiger partial charge in [-0.2, -0.15) is 0 Å². The van der Waals surface area contributed by atoms with Crippen LogP contribution in [0.4, 0.5) is 33.5 Å². The number of hydrogen-bond donors (Lipinski definition) is 3. The summed E-state index contributed by atoms with van der Waals surface area (Å²) in [5.74, 6) is 0.0491. The molecule has 0 spiro atoms. The standard InChI is InChI=1S/C42H45N11O3/c1-29-4-7-32(25-38(29)48-41-44-17-12-37(47-41)31-3-2-16-43-26-31)46-40(55)30-5-9-34(10-6-30)51-18-13-35(14-19-51)52-23-21-50(22-24-52)28-33-8-11-36(27-45-33)53-20-15-39(54)49-42(53)56/h2-12,16-17,25-27,35H,13-15,18-24,28H2,1H3,(H,46,55)(H,44,47,48)(H,49,54,56). The molecular weight excluding hydrogens is 707 g/mol. The quantitative estimate of drug-likeness (QED) is 0.167. The summed E-state index contributed by atoms with van der Waals surface area (Å²) in [7, 11) is 0. The van der Waals surface area contributed by atoms with Crippen LogP contribution in [0.25, 0.3) is 11.3 Å². The third-order valence-electron chi connectivity index (χ3n) is 10.8. The van der Waals surface area contributed by atoms with Crippen LogP contribution in [0.15, 0.2) is 97.6 Å². The molecule has 3 aliphatic heterocycles. The smallest absolute Gasteiger partial charge is 0.328 e. The van der Waals surface area contributed by atoms with Crippen molar-refractivity contribution in [1.29, 1.82) is 0 Å². The van der Waals surface area contributed by atoms with Crippen LogP contribution in [0, 0.1) is 6.92 Å². The van der Waals surface area contributed by atoms with E-state index in [0.717, 1.165) is 92.5 Å². The lowest BCUT2D eigenvalue weighted by Gasteiger charge is -2.43. The van der Waals surface area contributed by atoms with E-state index in [9.17, 15) is 14.4 Å². The number of anilines is 5. The Morgan fingerprint density at radius 1 is 0.839 bits per heavy atom. The van der Waals surface area contributed by atoms with Gasteiger partial charge in [-0.05, 0) is 92.1 Å². The number of aryl methyl sites for hydroxylation is 1. The molecule has 4 amide bonds. The molecule has 56 heavy (non-hydrogen) atoms. The highest BCUT2D eigenvalue weighted by molar-refractivity contribution is 6.06. The van der Waals surface area contributed by atoms with Crippen molar-refractivity contribution in [3.05, 3.63) is 114 Å². The van der Waals surface area contributed by atoms with Gasteiger partial charge >= 0.3 is 6.03 Å². The number of carbonyl (C=O) groups excluding carboxylic acids is 3. The predicted octanol–water partition coefficient (Wildman–Crippen LogP) is 5.47. The molecule has 286 valence electrons. The largest absolute Gasteiger partial charge is 0.371 e. The lowest BCUT2D eigenvalue weighted by Crippen LogP contribution is -2.53. The first-order valence-electron chi connectivity index (χ1n) is 19.1. The van der Waals surface area contributed by atoms with Crippen LogP contribution in [0.2, 0.25) is 0 Å². The van der Waals surface area contributed by atoms with E-state index >= 15 is 0 Å². The van der Waals surface area contributed by atoms with Gasteiger partial charge in [0.2, 0.25) is 11.9 Å². The Hall–Kier alpha value is -6.25. The van der Waals surface area contributed by atoms with Crippen LogP contribution in [-0.4, -0.2) is 99.4 Å². The number of carbonyl (C=O) groups is 3. The molecule has 14 heteroatoms. The molecule has 14 nitrogen and oxygen atoms in total. The second kappa shape index (κ2) is 16.6. The Bertz CT molecular complexity index is 2170. The number of nitrogens with one attached hydrogen (secondary N) is 3. The Morgan fingerprint density at radius 2 is 1.64 bits per heavy atom. The average Bonchev–Trinajstić information content (AvgIpc) is 3.23. The number of hydrogen-bond acceptors (Lipinski definition) is 11. The van der Waals surface area contributed by atoms with Crippen molar-refractivity contribution in [1.82, 2.24) is 35.1 Å². The molecule has 3 saturated heterocycles. The monoisotopic (exact) mass is 751 g/mol. The molecule has 0 bridgehead atoms. The summed E-state index contributed by atoms with van der Waals surface area (Å²) in [4.78, 5) is 63.8. The highest BCUT2D eigenvalue weighted by Gasteiger charge is 2.28. The zero-order valence-electron chi connectivity index (χ0n) is 31.4. The first-order chi connectivity index (χ1) is 27.3. The lowest BCUT2D eigenvalue weighted by molar-refractivity contribution is -0.120. The Labute approximate surface area is 326 Å². The second-order valence-corrected chi connectivity index (χ2v) is 14.5. The molecule has 3 fully saturated rings. The molecule has 3 N–H and O–H groups in total. The van der Waals surface area contributed by atoms with Crippen LogP contribution in [0.5, 0.6) is 0 Å². The molecule has 0 atom stereocenters. The van der Waals surface area contributed by atoms with Gasteiger partial charge < -0.3 is 15.5 Å². The summed E-state index contributed by atoms with van der Waals surface area (Å²) < 4.78 is 0. The van der Waals surface area contributed by atoms with Gasteiger partial charge in [0, 0.05) is 112 Å². The van der Waals surface area contributed by atoms with Crippen LogP contribution in [0.1, 0.15) is 40.9 Å². The number of imide groups is 1. The maximum atomic E-state index is 13.3. The van der Waals surface area contributed by atoms with Crippen molar-refractivity contribution < 1.29 is 14.4 Å². The number of nitrogens with zero attached hydrogens (tertiary/aromatic N) is 8. The normalized spacial score (nSPS) is 17.1. The van der Waals surface area contributed by atoms with E-state index in [2.05, 4.69) is 50.6 Å². The van der Waals surface area contributed by atoms with Crippen molar-refractivity contribution in [2.45, 2.75) is 38.8 Å². The van der Waals surface area contributed by atoms with E-state index in [1.54, 1.807) is 29.7 Å². The van der Waals surface area contributed by atoms with Gasteiger partial charge in [-0.15, -0.1) is 0 Å². The summed E-state index contributed by atoms with van der Waals surface area (Å²) in [6.45, 7) is 9.12. The second-order valence-electron chi connectivity index (χ2n) is 14.5. The van der Waals surface area contributed by atoms with Crippen molar-refractivity contribution in [3.8, 4) is 11.3 Å². The van der Waals surface area contributed by atoms with Gasteiger partial charge in [0.1, 0.15) is 0 Å². The van der Waals surface area contributed by atoms with E-state index in [1.807, 2.05) is 79.7 Å². The fourth-order valence-electron chi connectivity index (χ4n) is 7.56. The molecular formula is C42H45N11O3. The zero-order valence-corrected chi connectivity index (χ0v) is 31.4.